The molecule has 0 spiro atoms. The Hall–Kier alpha value is -4.10. The maximum atomic E-state index is 11.1. The monoisotopic (exact) mass is 471 g/mol. The average Bonchev–Trinajstić information content (AvgIpc) is 2.85. The summed E-state index contributed by atoms with van der Waals surface area (Å²) >= 11 is 0. The van der Waals surface area contributed by atoms with Crippen LogP contribution in [0.15, 0.2) is 17.2 Å². The van der Waals surface area contributed by atoms with Gasteiger partial charge in [0.05, 0.1) is 27.7 Å². The second kappa shape index (κ2) is 10.2. The van der Waals surface area contributed by atoms with Crippen molar-refractivity contribution in [3.63, 3.8) is 0 Å². The molecule has 0 amide bonds. The van der Waals surface area contributed by atoms with E-state index >= 15 is 0 Å². The van der Waals surface area contributed by atoms with Crippen LogP contribution in [0.25, 0.3) is 0 Å². The van der Waals surface area contributed by atoms with E-state index in [1.807, 2.05) is 0 Å². The third-order valence-electron chi connectivity index (χ3n) is 5.77. The Balaban J connectivity index is 1.61. The lowest BCUT2D eigenvalue weighted by atomic mass is 10.1. The molecule has 2 N–H and O–H groups in total. The summed E-state index contributed by atoms with van der Waals surface area (Å²) in [6.45, 7) is 3.38. The quantitative estimate of drug-likeness (QED) is 0.345. The molecule has 2 aliphatic rings. The number of rotatable bonds is 7. The van der Waals surface area contributed by atoms with Crippen molar-refractivity contribution in [3.8, 4) is 5.75 Å². The van der Waals surface area contributed by atoms with Crippen molar-refractivity contribution in [3.05, 3.63) is 37.9 Å². The molecule has 1 aromatic heterocycles. The molecule has 0 unspecified atom stereocenters. The van der Waals surface area contributed by atoms with Gasteiger partial charge in [0.25, 0.3) is 5.69 Å². The highest BCUT2D eigenvalue weighted by Gasteiger charge is 2.23. The van der Waals surface area contributed by atoms with Gasteiger partial charge in [-0.3, -0.25) is 20.2 Å². The Morgan fingerprint density at radius 1 is 0.882 bits per heavy atom. The van der Waals surface area contributed by atoms with Crippen molar-refractivity contribution in [1.82, 2.24) is 15.0 Å². The molecule has 2 saturated heterocycles. The predicted molar refractivity (Wildman–Crippen MR) is 125 cm³/mol. The molecule has 1 aromatic carbocycles. The number of anilines is 3. The largest absolute Gasteiger partial charge is 0.502 e. The van der Waals surface area contributed by atoms with Crippen LogP contribution in [0.4, 0.5) is 29.2 Å². The fourth-order valence-corrected chi connectivity index (χ4v) is 4.00. The summed E-state index contributed by atoms with van der Waals surface area (Å²) in [5, 5.41) is 36.4. The molecule has 0 aliphatic carbocycles. The van der Waals surface area contributed by atoms with E-state index in [-0.39, 0.29) is 11.5 Å². The third-order valence-corrected chi connectivity index (χ3v) is 5.77. The maximum absolute atomic E-state index is 11.1. The van der Waals surface area contributed by atoms with E-state index in [0.29, 0.717) is 18.0 Å². The average molecular weight is 471 g/mol. The summed E-state index contributed by atoms with van der Waals surface area (Å²) in [5.41, 5.74) is 1.18. The van der Waals surface area contributed by atoms with Crippen LogP contribution in [0.1, 0.15) is 44.1 Å². The van der Waals surface area contributed by atoms with Crippen LogP contribution in [0.2, 0.25) is 0 Å². The van der Waals surface area contributed by atoms with E-state index in [1.54, 1.807) is 0 Å². The van der Waals surface area contributed by atoms with Crippen molar-refractivity contribution in [2.75, 3.05) is 41.4 Å². The van der Waals surface area contributed by atoms with Gasteiger partial charge in [0.15, 0.2) is 0 Å². The van der Waals surface area contributed by atoms with Crippen LogP contribution < -0.4 is 15.2 Å². The summed E-state index contributed by atoms with van der Waals surface area (Å²) in [6, 6.07) is 1.70. The lowest BCUT2D eigenvalue weighted by Gasteiger charge is -2.30. The van der Waals surface area contributed by atoms with E-state index < -0.39 is 27.0 Å². The van der Waals surface area contributed by atoms with Gasteiger partial charge in [-0.25, -0.2) is 5.43 Å². The highest BCUT2D eigenvalue weighted by Crippen LogP contribution is 2.33. The van der Waals surface area contributed by atoms with Crippen LogP contribution in [-0.2, 0) is 0 Å². The van der Waals surface area contributed by atoms with Crippen LogP contribution >= 0.6 is 0 Å². The normalized spacial score (nSPS) is 16.6. The van der Waals surface area contributed by atoms with Gasteiger partial charge in [0.1, 0.15) is 0 Å². The van der Waals surface area contributed by atoms with Gasteiger partial charge < -0.3 is 14.9 Å². The van der Waals surface area contributed by atoms with Crippen LogP contribution in [0.5, 0.6) is 5.75 Å². The highest BCUT2D eigenvalue weighted by molar-refractivity contribution is 5.87. The summed E-state index contributed by atoms with van der Waals surface area (Å²) in [7, 11) is 0. The van der Waals surface area contributed by atoms with Gasteiger partial charge in [-0.05, 0) is 38.5 Å². The third kappa shape index (κ3) is 5.27. The Morgan fingerprint density at radius 3 is 1.94 bits per heavy atom. The number of aromatic nitrogens is 3. The number of hydrogen-bond donors (Lipinski definition) is 2. The second-order valence-electron chi connectivity index (χ2n) is 8.14. The smallest absolute Gasteiger partial charge is 0.318 e. The summed E-state index contributed by atoms with van der Waals surface area (Å²) in [4.78, 5) is 38.4. The zero-order chi connectivity index (χ0) is 24.1. The van der Waals surface area contributed by atoms with E-state index in [1.165, 1.54) is 0 Å². The molecule has 0 bridgehead atoms. The number of benzene rings is 1. The Morgan fingerprint density at radius 2 is 1.44 bits per heavy atom. The molecule has 14 nitrogen and oxygen atoms in total. The first kappa shape index (κ1) is 23.1. The van der Waals surface area contributed by atoms with Gasteiger partial charge in [-0.1, -0.05) is 0 Å². The number of nitrogens with zero attached hydrogens (tertiary/aromatic N) is 8. The molecule has 0 saturated carbocycles. The van der Waals surface area contributed by atoms with Gasteiger partial charge in [0.2, 0.25) is 23.6 Å². The number of phenols is 1. The SMILES string of the molecule is O=[N+]([O-])c1cc(/C=N/Nc2nc(N3CCCCC3)nc(N3CCCCC3)n2)c(O)c([N+](=O)[O-])c1. The van der Waals surface area contributed by atoms with Crippen molar-refractivity contribution < 1.29 is 15.0 Å². The molecule has 180 valence electrons. The number of hydrazone groups is 1. The number of aromatic hydroxyl groups is 1. The molecule has 0 atom stereocenters. The van der Waals surface area contributed by atoms with Gasteiger partial charge in [-0.15, -0.1) is 0 Å². The molecule has 4 rings (SSSR count). The summed E-state index contributed by atoms with van der Waals surface area (Å²) in [5.74, 6) is 0.537. The molecule has 0 radical (unpaired) electrons. The van der Waals surface area contributed by atoms with Crippen molar-refractivity contribution >= 4 is 35.4 Å². The minimum absolute atomic E-state index is 0.173. The first-order valence-electron chi connectivity index (χ1n) is 11.1. The number of nitro groups is 2. The van der Waals surface area contributed by atoms with Crippen molar-refractivity contribution in [2.24, 2.45) is 5.10 Å². The van der Waals surface area contributed by atoms with Crippen LogP contribution in [0.3, 0.4) is 0 Å². The van der Waals surface area contributed by atoms with E-state index in [0.717, 1.165) is 77.0 Å². The van der Waals surface area contributed by atoms with Gasteiger partial charge >= 0.3 is 5.69 Å². The van der Waals surface area contributed by atoms with E-state index in [9.17, 15) is 25.3 Å². The number of hydrogen-bond acceptors (Lipinski definition) is 12. The predicted octanol–water partition coefficient (Wildman–Crippen LogP) is 2.82. The molecule has 34 heavy (non-hydrogen) atoms. The second-order valence-corrected chi connectivity index (χ2v) is 8.14. The number of non-ortho nitro benzene ring substituents is 1. The molecule has 2 aliphatic heterocycles. The van der Waals surface area contributed by atoms with Crippen molar-refractivity contribution in [2.45, 2.75) is 38.5 Å². The molecule has 2 fully saturated rings. The zero-order valence-corrected chi connectivity index (χ0v) is 18.5. The topological polar surface area (TPSA) is 176 Å². The molecular formula is C20H25N9O5. The van der Waals surface area contributed by atoms with Crippen LogP contribution in [-0.4, -0.2) is 62.3 Å². The highest BCUT2D eigenvalue weighted by atomic mass is 16.6. The molecule has 14 heteroatoms. The maximum Gasteiger partial charge on any atom is 0.318 e. The molecular weight excluding hydrogens is 446 g/mol. The number of nitrogens with one attached hydrogen (secondary N) is 1. The Labute approximate surface area is 194 Å². The number of piperidine rings is 2. The van der Waals surface area contributed by atoms with Crippen molar-refractivity contribution in [1.29, 1.82) is 0 Å². The van der Waals surface area contributed by atoms with Gasteiger partial charge in [0, 0.05) is 32.2 Å². The lowest BCUT2D eigenvalue weighted by Crippen LogP contribution is -2.34. The molecule has 3 heterocycles. The Bertz CT molecular complexity index is 1060. The number of nitro benzene ring substituents is 2. The van der Waals surface area contributed by atoms with E-state index in [2.05, 4.69) is 35.3 Å². The minimum Gasteiger partial charge on any atom is -0.502 e. The number of phenolic OH excluding ortho intramolecular Hbond substituents is 1. The van der Waals surface area contributed by atoms with Gasteiger partial charge in [-0.2, -0.15) is 20.1 Å². The molecule has 2 aromatic rings. The Kier molecular flexibility index (Phi) is 6.94. The van der Waals surface area contributed by atoms with E-state index in [4.69, 9.17) is 0 Å². The summed E-state index contributed by atoms with van der Waals surface area (Å²) in [6.07, 6.45) is 7.59. The van der Waals surface area contributed by atoms with Crippen LogP contribution in [0, 0.1) is 20.2 Å². The first-order valence-corrected chi connectivity index (χ1v) is 11.1. The first-order chi connectivity index (χ1) is 16.4. The fourth-order valence-electron chi connectivity index (χ4n) is 4.00. The minimum atomic E-state index is -0.894. The zero-order valence-electron chi connectivity index (χ0n) is 18.5. The standard InChI is InChI=1S/C20H25N9O5/c30-17-14(11-15(28(31)32)12-16(17)29(33)34)13-21-25-18-22-19(26-7-3-1-4-8-26)24-20(23-18)27-9-5-2-6-10-27/h11-13,30H,1-10H2,(H,22,23,24,25)/b21-13+. The summed E-state index contributed by atoms with van der Waals surface area (Å²) < 4.78 is 0. The fraction of sp³-hybridized carbons (Fsp3) is 0.500. The lowest BCUT2D eigenvalue weighted by molar-refractivity contribution is -0.394.